The quantitative estimate of drug-likeness (QED) is 0.162. The lowest BCUT2D eigenvalue weighted by Crippen LogP contribution is -2.43. The van der Waals surface area contributed by atoms with Crippen molar-refractivity contribution in [2.45, 2.75) is 64.5 Å². The Morgan fingerprint density at radius 3 is 2.40 bits per heavy atom. The fourth-order valence-corrected chi connectivity index (χ4v) is 5.89. The number of carbonyl (C=O) groups is 3. The molecule has 11 nitrogen and oxygen atoms in total. The Bertz CT molecular complexity index is 1550. The van der Waals surface area contributed by atoms with Gasteiger partial charge in [-0.25, -0.2) is 14.6 Å². The minimum absolute atomic E-state index is 0.0336. The number of benzene rings is 2. The second kappa shape index (κ2) is 18.2. The molecular weight excluding hydrogens is 661 g/mol. The molecule has 0 bridgehead atoms. The van der Waals surface area contributed by atoms with Crippen LogP contribution in [0.2, 0.25) is 0 Å². The molecule has 1 fully saturated rings. The third-order valence-corrected chi connectivity index (χ3v) is 8.29. The van der Waals surface area contributed by atoms with Crippen molar-refractivity contribution in [3.05, 3.63) is 83.7 Å². The number of cyclic esters (lactones) is 1. The fraction of sp³-hybridized carbons (Fsp3) is 0.444. The molecule has 0 spiro atoms. The number of carbonyl (C=O) groups excluding carboxylic acids is 3. The number of nitrogens with one attached hydrogen (secondary N) is 1. The van der Waals surface area contributed by atoms with Crippen LogP contribution in [0.15, 0.2) is 66.9 Å². The van der Waals surface area contributed by atoms with Crippen molar-refractivity contribution in [2.24, 2.45) is 11.8 Å². The smallest absolute Gasteiger partial charge is 0.493 e. The molecule has 1 amide bonds. The molecule has 0 unspecified atom stereocenters. The zero-order valence-corrected chi connectivity index (χ0v) is 28.1. The number of aromatic nitrogens is 1. The van der Waals surface area contributed by atoms with Gasteiger partial charge in [0.15, 0.2) is 17.2 Å². The van der Waals surface area contributed by atoms with E-state index in [2.05, 4.69) is 15.0 Å². The summed E-state index contributed by atoms with van der Waals surface area (Å²) in [6.07, 6.45) is -1.45. The summed E-state index contributed by atoms with van der Waals surface area (Å²) >= 11 is 0. The first-order valence-electron chi connectivity index (χ1n) is 16.3. The largest absolute Gasteiger partial charge is 0.573 e. The van der Waals surface area contributed by atoms with Crippen LogP contribution in [0.4, 0.5) is 13.2 Å². The van der Waals surface area contributed by atoms with Crippen LogP contribution in [-0.4, -0.2) is 68.5 Å². The number of methoxy groups -OCH3 is 1. The molecule has 0 aliphatic carbocycles. The van der Waals surface area contributed by atoms with Gasteiger partial charge >= 0.3 is 18.3 Å². The van der Waals surface area contributed by atoms with Crippen LogP contribution in [0.25, 0.3) is 0 Å². The van der Waals surface area contributed by atoms with Gasteiger partial charge in [0, 0.05) is 24.8 Å². The molecule has 4 atom stereocenters. The van der Waals surface area contributed by atoms with Crippen LogP contribution in [0.1, 0.15) is 54.7 Å². The van der Waals surface area contributed by atoms with Gasteiger partial charge in [-0.15, -0.1) is 13.2 Å². The van der Waals surface area contributed by atoms with Crippen molar-refractivity contribution in [1.82, 2.24) is 10.3 Å². The van der Waals surface area contributed by atoms with E-state index < -0.39 is 43.1 Å². The zero-order valence-electron chi connectivity index (χ0n) is 28.1. The summed E-state index contributed by atoms with van der Waals surface area (Å²) in [6.45, 7) is 3.03. The van der Waals surface area contributed by atoms with Crippen LogP contribution in [0.3, 0.4) is 0 Å². The molecule has 1 aliphatic heterocycles. The maximum atomic E-state index is 13.6. The Hall–Kier alpha value is -4.85. The van der Waals surface area contributed by atoms with E-state index in [0.717, 1.165) is 11.1 Å². The van der Waals surface area contributed by atoms with Crippen LogP contribution in [0.5, 0.6) is 17.2 Å². The highest BCUT2D eigenvalue weighted by molar-refractivity contribution is 5.98. The number of halogens is 3. The second-order valence-electron chi connectivity index (χ2n) is 11.7. The lowest BCUT2D eigenvalue weighted by molar-refractivity contribution is -0.274. The van der Waals surface area contributed by atoms with Crippen LogP contribution < -0.4 is 19.5 Å². The Balaban J connectivity index is 1.51. The first-order valence-corrected chi connectivity index (χ1v) is 16.3. The van der Waals surface area contributed by atoms with E-state index in [4.69, 9.17) is 23.7 Å². The first-order chi connectivity index (χ1) is 24.0. The number of pyridine rings is 1. The maximum Gasteiger partial charge on any atom is 0.573 e. The van der Waals surface area contributed by atoms with Gasteiger partial charge < -0.3 is 33.7 Å². The van der Waals surface area contributed by atoms with E-state index in [9.17, 15) is 27.6 Å². The predicted octanol–water partition coefficient (Wildman–Crippen LogP) is 5.84. The number of nitrogens with zero attached hydrogens (tertiary/aromatic N) is 1. The molecule has 1 aromatic heterocycles. The SMILES string of the molecule is CCOCC(=O)OCOc1c(OC)ccnc1C(=O)N[C@H]1CCC[C@H](Cc2ccccc2)[C@@H](Cc2ccc(OC(F)(F)F)cc2)[C@H](C)OC1=O. The van der Waals surface area contributed by atoms with Gasteiger partial charge in [-0.05, 0) is 68.7 Å². The van der Waals surface area contributed by atoms with E-state index in [1.165, 1.54) is 31.5 Å². The summed E-state index contributed by atoms with van der Waals surface area (Å²) in [4.78, 5) is 43.1. The van der Waals surface area contributed by atoms with Gasteiger partial charge in [-0.2, -0.15) is 0 Å². The van der Waals surface area contributed by atoms with Gasteiger partial charge in [0.25, 0.3) is 5.91 Å². The summed E-state index contributed by atoms with van der Waals surface area (Å²) in [5.41, 5.74) is 1.66. The monoisotopic (exact) mass is 702 g/mol. The Morgan fingerprint density at radius 1 is 1.00 bits per heavy atom. The van der Waals surface area contributed by atoms with E-state index >= 15 is 0 Å². The van der Waals surface area contributed by atoms with Crippen molar-refractivity contribution in [1.29, 1.82) is 0 Å². The summed E-state index contributed by atoms with van der Waals surface area (Å²) in [7, 11) is 1.37. The predicted molar refractivity (Wildman–Crippen MR) is 173 cm³/mol. The number of esters is 2. The molecular formula is C36H41F3N2O9. The van der Waals surface area contributed by atoms with Gasteiger partial charge in [0.1, 0.15) is 24.5 Å². The van der Waals surface area contributed by atoms with Gasteiger partial charge in [-0.1, -0.05) is 48.9 Å². The molecule has 2 aromatic carbocycles. The molecule has 3 aromatic rings. The van der Waals surface area contributed by atoms with Crippen LogP contribution in [0, 0.1) is 11.8 Å². The van der Waals surface area contributed by atoms with Gasteiger partial charge in [0.2, 0.25) is 6.79 Å². The average molecular weight is 703 g/mol. The van der Waals surface area contributed by atoms with E-state index in [0.29, 0.717) is 32.3 Å². The summed E-state index contributed by atoms with van der Waals surface area (Å²) in [5, 5.41) is 2.73. The van der Waals surface area contributed by atoms with Gasteiger partial charge in [-0.3, -0.25) is 4.79 Å². The van der Waals surface area contributed by atoms with Crippen LogP contribution in [-0.2, 0) is 36.6 Å². The van der Waals surface area contributed by atoms with Crippen molar-refractivity contribution < 1.29 is 56.0 Å². The Morgan fingerprint density at radius 2 is 1.72 bits per heavy atom. The minimum atomic E-state index is -4.80. The first kappa shape index (κ1) is 38.0. The summed E-state index contributed by atoms with van der Waals surface area (Å²) in [5.74, 6) is -2.46. The molecule has 270 valence electrons. The Kier molecular flexibility index (Phi) is 13.8. The highest BCUT2D eigenvalue weighted by atomic mass is 19.4. The van der Waals surface area contributed by atoms with E-state index in [-0.39, 0.29) is 47.8 Å². The number of hydrogen-bond acceptors (Lipinski definition) is 10. The number of rotatable bonds is 14. The topological polar surface area (TPSA) is 132 Å². The van der Waals surface area contributed by atoms with Crippen LogP contribution >= 0.6 is 0 Å². The highest BCUT2D eigenvalue weighted by Gasteiger charge is 2.35. The lowest BCUT2D eigenvalue weighted by atomic mass is 9.77. The average Bonchev–Trinajstić information content (AvgIpc) is 3.13. The maximum absolute atomic E-state index is 13.6. The molecule has 0 saturated carbocycles. The van der Waals surface area contributed by atoms with Crippen molar-refractivity contribution in [3.63, 3.8) is 0 Å². The highest BCUT2D eigenvalue weighted by Crippen LogP contribution is 2.34. The summed E-state index contributed by atoms with van der Waals surface area (Å²) in [6, 6.07) is 16.0. The lowest BCUT2D eigenvalue weighted by Gasteiger charge is -2.31. The van der Waals surface area contributed by atoms with Crippen molar-refractivity contribution in [3.8, 4) is 17.2 Å². The minimum Gasteiger partial charge on any atom is -0.493 e. The number of alkyl halides is 3. The number of hydrogen-bond donors (Lipinski definition) is 1. The molecule has 4 rings (SSSR count). The molecule has 14 heteroatoms. The third kappa shape index (κ3) is 11.4. The van der Waals surface area contributed by atoms with Crippen molar-refractivity contribution >= 4 is 17.8 Å². The number of ether oxygens (including phenoxy) is 6. The number of amides is 1. The molecule has 1 aliphatic rings. The fourth-order valence-electron chi connectivity index (χ4n) is 5.89. The molecule has 1 N–H and O–H groups in total. The molecule has 0 radical (unpaired) electrons. The molecule has 50 heavy (non-hydrogen) atoms. The van der Waals surface area contributed by atoms with E-state index in [1.54, 1.807) is 26.0 Å². The second-order valence-corrected chi connectivity index (χ2v) is 11.7. The normalized spacial score (nSPS) is 19.6. The van der Waals surface area contributed by atoms with Gasteiger partial charge in [0.05, 0.1) is 7.11 Å². The molecule has 2 heterocycles. The third-order valence-electron chi connectivity index (χ3n) is 8.29. The zero-order chi connectivity index (χ0) is 36.1. The van der Waals surface area contributed by atoms with Crippen molar-refractivity contribution in [2.75, 3.05) is 27.1 Å². The Labute approximate surface area is 288 Å². The van der Waals surface area contributed by atoms with E-state index in [1.807, 2.05) is 30.3 Å². The summed E-state index contributed by atoms with van der Waals surface area (Å²) < 4.78 is 69.1. The standard InChI is InChI=1S/C36H41F3N2O9/c1-4-46-21-31(42)47-22-48-33-30(45-3)17-18-40-32(33)34(43)41-29-12-8-11-26(19-24-9-6-5-7-10-24)28(23(2)49-35(29)44)20-25-13-15-27(16-14-25)50-36(37,38)39/h5-7,9-10,13-18,23,26,28-29H,4,8,11-12,19-22H2,1-3H3,(H,41,43)/t23-,26+,28-,29-/m0/s1. The molecule has 1 saturated heterocycles.